The van der Waals surface area contributed by atoms with Gasteiger partial charge in [0.25, 0.3) is 5.91 Å². The first-order valence-corrected chi connectivity index (χ1v) is 9.03. The Labute approximate surface area is 135 Å². The van der Waals surface area contributed by atoms with Crippen molar-refractivity contribution in [1.29, 1.82) is 0 Å². The lowest BCUT2D eigenvalue weighted by atomic mass is 10.0. The number of nitrogens with zero attached hydrogens (tertiary/aromatic N) is 1. The maximum absolute atomic E-state index is 12.2. The predicted molar refractivity (Wildman–Crippen MR) is 86.5 cm³/mol. The third-order valence-corrected chi connectivity index (χ3v) is 5.20. The predicted octanol–water partition coefficient (Wildman–Crippen LogP) is 2.12. The van der Waals surface area contributed by atoms with E-state index in [1.165, 1.54) is 0 Å². The van der Waals surface area contributed by atoms with E-state index in [2.05, 4.69) is 10.3 Å². The number of amides is 1. The minimum absolute atomic E-state index is 0.0560. The Kier molecular flexibility index (Phi) is 5.56. The summed E-state index contributed by atoms with van der Waals surface area (Å²) in [5.41, 5.74) is 0.614. The summed E-state index contributed by atoms with van der Waals surface area (Å²) >= 11 is 1.89. The van der Waals surface area contributed by atoms with E-state index < -0.39 is 0 Å². The van der Waals surface area contributed by atoms with Gasteiger partial charge in [-0.15, -0.1) is 0 Å². The van der Waals surface area contributed by atoms with Gasteiger partial charge in [0.1, 0.15) is 6.10 Å². The first-order valence-electron chi connectivity index (χ1n) is 7.87. The molecule has 3 heterocycles. The Hall–Kier alpha value is -1.27. The van der Waals surface area contributed by atoms with Crippen LogP contribution in [0.2, 0.25) is 0 Å². The van der Waals surface area contributed by atoms with Crippen LogP contribution in [0.15, 0.2) is 18.3 Å². The number of thioether (sulfide) groups is 1. The first kappa shape index (κ1) is 15.6. The van der Waals surface area contributed by atoms with E-state index in [-0.39, 0.29) is 12.0 Å². The molecular weight excluding hydrogens is 300 g/mol. The Balaban J connectivity index is 1.52. The zero-order chi connectivity index (χ0) is 15.2. The second kappa shape index (κ2) is 7.83. The van der Waals surface area contributed by atoms with Crippen LogP contribution in [0.25, 0.3) is 0 Å². The summed E-state index contributed by atoms with van der Waals surface area (Å²) in [4.78, 5) is 16.5. The fourth-order valence-electron chi connectivity index (χ4n) is 2.68. The second-order valence-electron chi connectivity index (χ2n) is 5.75. The Morgan fingerprint density at radius 2 is 2.27 bits per heavy atom. The van der Waals surface area contributed by atoms with Gasteiger partial charge in [-0.3, -0.25) is 4.79 Å². The number of hydrogen-bond donors (Lipinski definition) is 1. The van der Waals surface area contributed by atoms with Crippen molar-refractivity contribution in [3.05, 3.63) is 23.9 Å². The van der Waals surface area contributed by atoms with Gasteiger partial charge in [-0.25, -0.2) is 4.98 Å². The van der Waals surface area contributed by atoms with Crippen molar-refractivity contribution in [1.82, 2.24) is 10.3 Å². The van der Waals surface area contributed by atoms with Crippen molar-refractivity contribution < 1.29 is 14.3 Å². The standard InChI is InChI=1S/C16H22N2O3S/c19-16(18-10-12-2-6-20-7-3-12)13-1-5-17-15(9-13)21-14-4-8-22-11-14/h1,5,9,12,14H,2-4,6-8,10-11H2,(H,18,19)/t14-/m1/s1. The topological polar surface area (TPSA) is 60.5 Å². The number of carbonyl (C=O) groups is 1. The van der Waals surface area contributed by atoms with Crippen molar-refractivity contribution in [2.45, 2.75) is 25.4 Å². The van der Waals surface area contributed by atoms with Gasteiger partial charge in [0.2, 0.25) is 5.88 Å². The Bertz CT molecular complexity index is 500. The molecule has 0 aromatic carbocycles. The minimum atomic E-state index is -0.0560. The van der Waals surface area contributed by atoms with E-state index in [0.717, 1.165) is 44.0 Å². The van der Waals surface area contributed by atoms with Crippen molar-refractivity contribution in [2.24, 2.45) is 5.92 Å². The van der Waals surface area contributed by atoms with Gasteiger partial charge in [0.15, 0.2) is 0 Å². The highest BCUT2D eigenvalue weighted by Gasteiger charge is 2.19. The third-order valence-electron chi connectivity index (χ3n) is 4.06. The van der Waals surface area contributed by atoms with Gasteiger partial charge >= 0.3 is 0 Å². The average Bonchev–Trinajstić information content (AvgIpc) is 3.07. The molecule has 0 aliphatic carbocycles. The largest absolute Gasteiger partial charge is 0.473 e. The number of hydrogen-bond acceptors (Lipinski definition) is 5. The molecule has 2 fully saturated rings. The number of ether oxygens (including phenoxy) is 2. The molecular formula is C16H22N2O3S. The molecule has 0 bridgehead atoms. The zero-order valence-electron chi connectivity index (χ0n) is 12.6. The van der Waals surface area contributed by atoms with Gasteiger partial charge in [-0.2, -0.15) is 11.8 Å². The molecule has 1 N–H and O–H groups in total. The molecule has 2 aliphatic heterocycles. The number of pyridine rings is 1. The fourth-order valence-corrected chi connectivity index (χ4v) is 3.78. The molecule has 1 amide bonds. The van der Waals surface area contributed by atoms with E-state index in [1.54, 1.807) is 18.3 Å². The molecule has 6 heteroatoms. The highest BCUT2D eigenvalue weighted by molar-refractivity contribution is 7.99. The lowest BCUT2D eigenvalue weighted by Gasteiger charge is -2.22. The highest BCUT2D eigenvalue weighted by atomic mass is 32.2. The maximum Gasteiger partial charge on any atom is 0.251 e. The normalized spacial score (nSPS) is 22.5. The molecule has 2 saturated heterocycles. The molecule has 0 radical (unpaired) electrons. The highest BCUT2D eigenvalue weighted by Crippen LogP contribution is 2.22. The summed E-state index contributed by atoms with van der Waals surface area (Å²) in [6.07, 6.45) is 4.94. The van der Waals surface area contributed by atoms with Crippen molar-refractivity contribution in [2.75, 3.05) is 31.3 Å². The van der Waals surface area contributed by atoms with Crippen LogP contribution in [-0.2, 0) is 4.74 Å². The summed E-state index contributed by atoms with van der Waals surface area (Å²) in [7, 11) is 0. The molecule has 120 valence electrons. The Morgan fingerprint density at radius 3 is 3.05 bits per heavy atom. The van der Waals surface area contributed by atoms with Crippen molar-refractivity contribution >= 4 is 17.7 Å². The van der Waals surface area contributed by atoms with E-state index in [0.29, 0.717) is 23.9 Å². The summed E-state index contributed by atoms with van der Waals surface area (Å²) in [6.45, 7) is 2.31. The van der Waals surface area contributed by atoms with Gasteiger partial charge in [0.05, 0.1) is 0 Å². The Morgan fingerprint density at radius 1 is 1.41 bits per heavy atom. The van der Waals surface area contributed by atoms with Crippen LogP contribution in [0.1, 0.15) is 29.6 Å². The van der Waals surface area contributed by atoms with Gasteiger partial charge in [0, 0.05) is 43.3 Å². The average molecular weight is 322 g/mol. The van der Waals surface area contributed by atoms with Crippen LogP contribution in [0, 0.1) is 5.92 Å². The van der Waals surface area contributed by atoms with Crippen LogP contribution in [0.3, 0.4) is 0 Å². The van der Waals surface area contributed by atoms with E-state index in [4.69, 9.17) is 9.47 Å². The third kappa shape index (κ3) is 4.36. The molecule has 1 atom stereocenters. The smallest absolute Gasteiger partial charge is 0.251 e. The molecule has 1 aromatic rings. The van der Waals surface area contributed by atoms with Gasteiger partial charge in [-0.1, -0.05) is 0 Å². The van der Waals surface area contributed by atoms with Gasteiger partial charge < -0.3 is 14.8 Å². The van der Waals surface area contributed by atoms with E-state index in [9.17, 15) is 4.79 Å². The molecule has 0 unspecified atom stereocenters. The van der Waals surface area contributed by atoms with Crippen LogP contribution in [0.4, 0.5) is 0 Å². The summed E-state index contributed by atoms with van der Waals surface area (Å²) in [5.74, 6) is 3.15. The lowest BCUT2D eigenvalue weighted by molar-refractivity contribution is 0.0642. The molecule has 0 spiro atoms. The van der Waals surface area contributed by atoms with Crippen molar-refractivity contribution in [3.8, 4) is 5.88 Å². The van der Waals surface area contributed by atoms with Crippen LogP contribution in [0.5, 0.6) is 5.88 Å². The summed E-state index contributed by atoms with van der Waals surface area (Å²) in [6, 6.07) is 3.47. The molecule has 3 rings (SSSR count). The quantitative estimate of drug-likeness (QED) is 0.900. The number of aromatic nitrogens is 1. The molecule has 22 heavy (non-hydrogen) atoms. The first-order chi connectivity index (χ1) is 10.8. The molecule has 0 saturated carbocycles. The molecule has 1 aromatic heterocycles. The number of rotatable bonds is 5. The van der Waals surface area contributed by atoms with Crippen LogP contribution < -0.4 is 10.1 Å². The summed E-state index contributed by atoms with van der Waals surface area (Å²) < 4.78 is 11.2. The SMILES string of the molecule is O=C(NCC1CCOCC1)c1ccnc(O[C@@H]2CCSC2)c1. The van der Waals surface area contributed by atoms with Crippen LogP contribution >= 0.6 is 11.8 Å². The van der Waals surface area contributed by atoms with Crippen molar-refractivity contribution in [3.63, 3.8) is 0 Å². The minimum Gasteiger partial charge on any atom is -0.473 e. The van der Waals surface area contributed by atoms with E-state index in [1.807, 2.05) is 11.8 Å². The monoisotopic (exact) mass is 322 g/mol. The van der Waals surface area contributed by atoms with Crippen LogP contribution in [-0.4, -0.2) is 48.3 Å². The lowest BCUT2D eigenvalue weighted by Crippen LogP contribution is -2.32. The zero-order valence-corrected chi connectivity index (χ0v) is 13.4. The molecule has 5 nitrogen and oxygen atoms in total. The fraction of sp³-hybridized carbons (Fsp3) is 0.625. The van der Waals surface area contributed by atoms with Gasteiger partial charge in [-0.05, 0) is 37.0 Å². The maximum atomic E-state index is 12.2. The van der Waals surface area contributed by atoms with E-state index >= 15 is 0 Å². The second-order valence-corrected chi connectivity index (χ2v) is 6.90. The number of nitrogens with one attached hydrogen (secondary N) is 1. The summed E-state index contributed by atoms with van der Waals surface area (Å²) in [5, 5.41) is 3.01. The number of carbonyl (C=O) groups excluding carboxylic acids is 1. The molecule has 2 aliphatic rings.